The number of esters is 4. The Bertz CT molecular complexity index is 2430. The average Bonchev–Trinajstić information content (AvgIpc) is 3.43. The van der Waals surface area contributed by atoms with Crippen LogP contribution in [0.25, 0.3) is 0 Å². The summed E-state index contributed by atoms with van der Waals surface area (Å²) in [6, 6.07) is 14.7. The molecule has 0 spiro atoms. The Morgan fingerprint density at radius 3 is 1.45 bits per heavy atom. The second-order valence-electron chi connectivity index (χ2n) is 19.9. The zero-order chi connectivity index (χ0) is 55.4. The van der Waals surface area contributed by atoms with E-state index in [0.29, 0.717) is 53.5 Å². The van der Waals surface area contributed by atoms with Crippen molar-refractivity contribution in [1.29, 1.82) is 0 Å². The predicted octanol–water partition coefficient (Wildman–Crippen LogP) is 17.0. The summed E-state index contributed by atoms with van der Waals surface area (Å²) < 4.78 is 23.3. The number of rotatable bonds is 33. The molecule has 3 aromatic carbocycles. The first-order chi connectivity index (χ1) is 36.7. The SMILES string of the molecule is CCCCC(CC)COC(=O)c1cc(N=Nc2ccc(NC(NO)=C3C=C(C)C(N=Nc4cc(C(=O)OC(CC)CCCC)cc(C(=O)OC(CC)CCCC)c4)=CC3)cc2C)cc(C(=O)OCC(CC)CCCC)c1. The third-order valence-corrected chi connectivity index (χ3v) is 13.7. The Labute approximate surface area is 452 Å². The smallest absolute Gasteiger partial charge is 0.338 e. The van der Waals surface area contributed by atoms with Gasteiger partial charge in [-0.2, -0.15) is 20.5 Å². The highest BCUT2D eigenvalue weighted by Gasteiger charge is 2.22. The van der Waals surface area contributed by atoms with E-state index in [9.17, 15) is 24.4 Å². The minimum atomic E-state index is -0.537. The quantitative estimate of drug-likeness (QED) is 0.0227. The number of benzene rings is 3. The lowest BCUT2D eigenvalue weighted by atomic mass is 10.00. The van der Waals surface area contributed by atoms with Crippen LogP contribution in [0.3, 0.4) is 0 Å². The van der Waals surface area contributed by atoms with Crippen LogP contribution < -0.4 is 10.8 Å². The summed E-state index contributed by atoms with van der Waals surface area (Å²) in [4.78, 5) is 53.9. The van der Waals surface area contributed by atoms with Gasteiger partial charge >= 0.3 is 23.9 Å². The number of nitrogens with zero attached hydrogens (tertiary/aromatic N) is 4. The van der Waals surface area contributed by atoms with Gasteiger partial charge in [0.1, 0.15) is 18.0 Å². The maximum absolute atomic E-state index is 13.5. The number of allylic oxidation sites excluding steroid dienone is 4. The van der Waals surface area contributed by atoms with Crippen LogP contribution in [0.15, 0.2) is 110 Å². The van der Waals surface area contributed by atoms with Crippen molar-refractivity contribution < 1.29 is 43.3 Å². The van der Waals surface area contributed by atoms with Crippen molar-refractivity contribution in [3.63, 3.8) is 0 Å². The van der Waals surface area contributed by atoms with Gasteiger partial charge in [0, 0.05) is 5.69 Å². The van der Waals surface area contributed by atoms with Crippen LogP contribution in [0.4, 0.5) is 22.7 Å². The minimum Gasteiger partial charge on any atom is -0.462 e. The maximum atomic E-state index is 13.5. The summed E-state index contributed by atoms with van der Waals surface area (Å²) in [5.41, 5.74) is 7.71. The summed E-state index contributed by atoms with van der Waals surface area (Å²) in [6.07, 6.45) is 18.3. The van der Waals surface area contributed by atoms with Crippen molar-refractivity contribution in [2.45, 2.75) is 191 Å². The first-order valence-corrected chi connectivity index (χ1v) is 28.0. The van der Waals surface area contributed by atoms with Crippen LogP contribution in [-0.2, 0) is 18.9 Å². The highest BCUT2D eigenvalue weighted by atomic mass is 16.6. The Kier molecular flexibility index (Phi) is 27.4. The van der Waals surface area contributed by atoms with Crippen LogP contribution in [0.1, 0.15) is 218 Å². The van der Waals surface area contributed by atoms with Gasteiger partial charge in [-0.1, -0.05) is 126 Å². The topological polar surface area (TPSA) is 199 Å². The third kappa shape index (κ3) is 20.2. The van der Waals surface area contributed by atoms with Gasteiger partial charge in [0.2, 0.25) is 0 Å². The van der Waals surface area contributed by atoms with Crippen molar-refractivity contribution >= 4 is 46.6 Å². The number of anilines is 1. The van der Waals surface area contributed by atoms with Gasteiger partial charge in [-0.3, -0.25) is 10.7 Å². The molecule has 4 atom stereocenters. The van der Waals surface area contributed by atoms with Crippen LogP contribution in [-0.4, -0.2) is 54.5 Å². The van der Waals surface area contributed by atoms with E-state index in [0.717, 1.165) is 107 Å². The summed E-state index contributed by atoms with van der Waals surface area (Å²) in [5.74, 6) is -1.31. The summed E-state index contributed by atoms with van der Waals surface area (Å²) >= 11 is 0. The van der Waals surface area contributed by atoms with Crippen molar-refractivity contribution in [2.24, 2.45) is 32.3 Å². The Hall–Kier alpha value is -6.48. The fourth-order valence-corrected chi connectivity index (χ4v) is 8.60. The molecule has 0 aliphatic heterocycles. The second kappa shape index (κ2) is 33.5. The van der Waals surface area contributed by atoms with E-state index in [1.807, 2.05) is 45.9 Å². The monoisotopic (exact) mass is 1050 g/mol. The molecule has 414 valence electrons. The van der Waals surface area contributed by atoms with Crippen LogP contribution in [0, 0.1) is 18.8 Å². The molecule has 0 fully saturated rings. The first-order valence-electron chi connectivity index (χ1n) is 28.0. The molecule has 4 unspecified atom stereocenters. The number of hydrogen-bond donors (Lipinski definition) is 3. The fraction of sp³-hybridized carbons (Fsp3) is 0.541. The molecule has 76 heavy (non-hydrogen) atoms. The number of unbranched alkanes of at least 4 members (excludes halogenated alkanes) is 4. The maximum Gasteiger partial charge on any atom is 0.338 e. The van der Waals surface area contributed by atoms with Gasteiger partial charge < -0.3 is 24.3 Å². The van der Waals surface area contributed by atoms with E-state index < -0.39 is 23.9 Å². The van der Waals surface area contributed by atoms with Gasteiger partial charge in [-0.05, 0) is 148 Å². The van der Waals surface area contributed by atoms with Crippen LogP contribution >= 0.6 is 0 Å². The molecule has 1 aliphatic rings. The highest BCUT2D eigenvalue weighted by Crippen LogP contribution is 2.31. The summed E-state index contributed by atoms with van der Waals surface area (Å²) in [5, 5.41) is 31.6. The number of azo groups is 2. The molecule has 0 aromatic heterocycles. The van der Waals surface area contributed by atoms with E-state index in [2.05, 4.69) is 72.8 Å². The number of ether oxygens (including phenoxy) is 4. The van der Waals surface area contributed by atoms with Gasteiger partial charge in [-0.25, -0.2) is 19.2 Å². The van der Waals surface area contributed by atoms with E-state index in [1.54, 1.807) is 36.4 Å². The largest absolute Gasteiger partial charge is 0.462 e. The Balaban J connectivity index is 1.55. The summed E-state index contributed by atoms with van der Waals surface area (Å²) in [7, 11) is 0. The van der Waals surface area contributed by atoms with Gasteiger partial charge in [0.25, 0.3) is 0 Å². The minimum absolute atomic E-state index is 0.194. The molecule has 0 heterocycles. The zero-order valence-corrected chi connectivity index (χ0v) is 47.1. The summed E-state index contributed by atoms with van der Waals surface area (Å²) in [6.45, 7) is 20.9. The lowest BCUT2D eigenvalue weighted by Gasteiger charge is -2.18. The molecule has 3 aromatic rings. The van der Waals surface area contributed by atoms with Crippen LogP contribution in [0.2, 0.25) is 0 Å². The lowest BCUT2D eigenvalue weighted by molar-refractivity contribution is 0.0264. The number of aryl methyl sites for hydroxylation is 1. The molecule has 0 amide bonds. The van der Waals surface area contributed by atoms with E-state index in [-0.39, 0.29) is 59.5 Å². The van der Waals surface area contributed by atoms with Gasteiger partial charge in [0.05, 0.1) is 58.2 Å². The standard InChI is InChI=1S/C61H86N6O9/c1-11-19-23-43(15-5)39-73-58(68)46-33-47(59(69)74-40-44(16-6)24-20-12-2)36-51(35-46)63-66-56-30-28-50(32-42(56)10)62-57(67-72)45-27-29-55(41(9)31-45)65-64-52-37-48(60(70)75-53(17-7)25-21-13-3)34-49(38-52)61(71)76-54(18-8)26-22-14-4/h28-38,43-44,53-54,62,67,72H,11-27,39-40H2,1-10H3. The molecule has 15 nitrogen and oxygen atoms in total. The number of nitrogens with one attached hydrogen (secondary N) is 2. The molecular weight excluding hydrogens is 961 g/mol. The van der Waals surface area contributed by atoms with Gasteiger partial charge in [-0.15, -0.1) is 0 Å². The molecule has 4 rings (SSSR count). The molecule has 3 N–H and O–H groups in total. The van der Waals surface area contributed by atoms with E-state index in [4.69, 9.17) is 18.9 Å². The first kappa shape index (κ1) is 62.1. The number of carbonyl (C=O) groups excluding carboxylic acids is 4. The van der Waals surface area contributed by atoms with Crippen molar-refractivity contribution in [3.8, 4) is 0 Å². The zero-order valence-electron chi connectivity index (χ0n) is 47.1. The van der Waals surface area contributed by atoms with Crippen molar-refractivity contribution in [3.05, 3.63) is 117 Å². The predicted molar refractivity (Wildman–Crippen MR) is 300 cm³/mol. The third-order valence-electron chi connectivity index (χ3n) is 13.7. The van der Waals surface area contributed by atoms with Crippen molar-refractivity contribution in [2.75, 3.05) is 18.5 Å². The van der Waals surface area contributed by atoms with Gasteiger partial charge in [0.15, 0.2) is 0 Å². The van der Waals surface area contributed by atoms with Crippen LogP contribution in [0.5, 0.6) is 0 Å². The van der Waals surface area contributed by atoms with E-state index in [1.165, 1.54) is 12.1 Å². The number of carbonyl (C=O) groups is 4. The number of hydrogen-bond acceptors (Lipinski definition) is 15. The number of hydroxylamine groups is 1. The molecule has 0 saturated carbocycles. The van der Waals surface area contributed by atoms with Crippen molar-refractivity contribution in [1.82, 2.24) is 5.48 Å². The second-order valence-corrected chi connectivity index (χ2v) is 19.9. The molecule has 1 aliphatic carbocycles. The molecular formula is C61H86N6O9. The molecule has 0 radical (unpaired) electrons. The fourth-order valence-electron chi connectivity index (χ4n) is 8.60. The molecule has 0 saturated heterocycles. The average molecular weight is 1050 g/mol. The normalized spacial score (nSPS) is 14.8. The highest BCUT2D eigenvalue weighted by molar-refractivity contribution is 5.97. The molecule has 0 bridgehead atoms. The molecule has 15 heteroatoms. The Morgan fingerprint density at radius 1 is 0.566 bits per heavy atom. The Morgan fingerprint density at radius 2 is 1.03 bits per heavy atom. The van der Waals surface area contributed by atoms with E-state index >= 15 is 0 Å². The lowest BCUT2D eigenvalue weighted by Crippen LogP contribution is -2.19.